The summed E-state index contributed by atoms with van der Waals surface area (Å²) in [7, 11) is 0. The maximum Gasteiger partial charge on any atom is 0.193 e. The lowest BCUT2D eigenvalue weighted by atomic mass is 9.97. The predicted octanol–water partition coefficient (Wildman–Crippen LogP) is 1.81. The SMILES string of the molecule is CCC(O)COCCOc1ccc(C(=O)C(C)(C)O)cc1. The molecule has 0 spiro atoms. The van der Waals surface area contributed by atoms with E-state index in [9.17, 15) is 15.0 Å². The lowest BCUT2D eigenvalue weighted by Crippen LogP contribution is -2.30. The van der Waals surface area contributed by atoms with Gasteiger partial charge in [-0.2, -0.15) is 0 Å². The molecule has 0 bridgehead atoms. The van der Waals surface area contributed by atoms with Gasteiger partial charge in [-0.1, -0.05) is 6.92 Å². The van der Waals surface area contributed by atoms with E-state index < -0.39 is 11.7 Å². The second kappa shape index (κ2) is 8.12. The van der Waals surface area contributed by atoms with Crippen LogP contribution in [0.3, 0.4) is 0 Å². The van der Waals surface area contributed by atoms with Gasteiger partial charge in [0.15, 0.2) is 5.78 Å². The van der Waals surface area contributed by atoms with Crippen LogP contribution in [0.15, 0.2) is 24.3 Å². The van der Waals surface area contributed by atoms with Crippen LogP contribution in [-0.2, 0) is 4.74 Å². The first-order chi connectivity index (χ1) is 9.84. The van der Waals surface area contributed by atoms with E-state index in [1.807, 2.05) is 6.92 Å². The number of ether oxygens (including phenoxy) is 2. The van der Waals surface area contributed by atoms with E-state index in [0.717, 1.165) is 0 Å². The molecule has 1 unspecified atom stereocenters. The monoisotopic (exact) mass is 296 g/mol. The summed E-state index contributed by atoms with van der Waals surface area (Å²) >= 11 is 0. The quantitative estimate of drug-likeness (QED) is 0.537. The van der Waals surface area contributed by atoms with Gasteiger partial charge in [-0.3, -0.25) is 4.79 Å². The van der Waals surface area contributed by atoms with Crippen LogP contribution in [0.1, 0.15) is 37.6 Å². The summed E-state index contributed by atoms with van der Waals surface area (Å²) in [6.07, 6.45) is 0.231. The van der Waals surface area contributed by atoms with Crippen molar-refractivity contribution < 1.29 is 24.5 Å². The van der Waals surface area contributed by atoms with Gasteiger partial charge in [0.2, 0.25) is 0 Å². The summed E-state index contributed by atoms with van der Waals surface area (Å²) < 4.78 is 10.7. The summed E-state index contributed by atoms with van der Waals surface area (Å²) in [5.74, 6) is 0.299. The molecule has 1 aromatic rings. The molecule has 0 amide bonds. The molecule has 21 heavy (non-hydrogen) atoms. The van der Waals surface area contributed by atoms with Gasteiger partial charge in [-0.25, -0.2) is 0 Å². The maximum atomic E-state index is 11.8. The molecule has 0 saturated heterocycles. The first-order valence-corrected chi connectivity index (χ1v) is 7.10. The Morgan fingerprint density at radius 2 is 1.86 bits per heavy atom. The van der Waals surface area contributed by atoms with E-state index in [0.29, 0.717) is 37.6 Å². The van der Waals surface area contributed by atoms with Crippen molar-refractivity contribution in [2.75, 3.05) is 19.8 Å². The number of carbonyl (C=O) groups excluding carboxylic acids is 1. The van der Waals surface area contributed by atoms with E-state index >= 15 is 0 Å². The van der Waals surface area contributed by atoms with Crippen LogP contribution in [0.4, 0.5) is 0 Å². The normalized spacial score (nSPS) is 13.0. The van der Waals surface area contributed by atoms with Gasteiger partial charge >= 0.3 is 0 Å². The second-order valence-electron chi connectivity index (χ2n) is 5.40. The molecule has 0 saturated carbocycles. The fourth-order valence-corrected chi connectivity index (χ4v) is 1.61. The minimum atomic E-state index is -1.38. The van der Waals surface area contributed by atoms with Gasteiger partial charge in [-0.15, -0.1) is 0 Å². The Kier molecular flexibility index (Phi) is 6.81. The molecule has 0 aliphatic rings. The third kappa shape index (κ3) is 6.25. The van der Waals surface area contributed by atoms with Crippen LogP contribution in [0, 0.1) is 0 Å². The van der Waals surface area contributed by atoms with E-state index in [1.165, 1.54) is 13.8 Å². The van der Waals surface area contributed by atoms with Crippen LogP contribution in [-0.4, -0.2) is 47.5 Å². The number of hydrogen-bond donors (Lipinski definition) is 2. The molecule has 1 aromatic carbocycles. The number of benzene rings is 1. The number of Topliss-reactive ketones (excluding diaryl/α,β-unsaturated/α-hetero) is 1. The minimum Gasteiger partial charge on any atom is -0.491 e. The highest BCUT2D eigenvalue weighted by molar-refractivity contribution is 6.01. The van der Waals surface area contributed by atoms with Crippen molar-refractivity contribution in [2.24, 2.45) is 0 Å². The van der Waals surface area contributed by atoms with Gasteiger partial charge in [-0.05, 0) is 44.5 Å². The van der Waals surface area contributed by atoms with Crippen LogP contribution >= 0.6 is 0 Å². The summed E-state index contributed by atoms with van der Waals surface area (Å²) in [5.41, 5.74) is -0.937. The zero-order chi connectivity index (χ0) is 15.9. The van der Waals surface area contributed by atoms with Crippen molar-refractivity contribution in [3.8, 4) is 5.75 Å². The molecular formula is C16H24O5. The molecule has 0 aliphatic carbocycles. The molecule has 1 rings (SSSR count). The molecular weight excluding hydrogens is 272 g/mol. The van der Waals surface area contributed by atoms with Crippen LogP contribution in [0.2, 0.25) is 0 Å². The predicted molar refractivity (Wildman–Crippen MR) is 79.7 cm³/mol. The molecule has 5 nitrogen and oxygen atoms in total. The highest BCUT2D eigenvalue weighted by Crippen LogP contribution is 2.17. The van der Waals surface area contributed by atoms with Gasteiger partial charge in [0.05, 0.1) is 19.3 Å². The summed E-state index contributed by atoms with van der Waals surface area (Å²) in [6.45, 7) is 5.88. The van der Waals surface area contributed by atoms with Crippen molar-refractivity contribution >= 4 is 5.78 Å². The van der Waals surface area contributed by atoms with Crippen LogP contribution in [0.25, 0.3) is 0 Å². The van der Waals surface area contributed by atoms with Crippen molar-refractivity contribution in [3.05, 3.63) is 29.8 Å². The topological polar surface area (TPSA) is 76.0 Å². The van der Waals surface area contributed by atoms with Gasteiger partial charge < -0.3 is 19.7 Å². The Balaban J connectivity index is 2.37. The lowest BCUT2D eigenvalue weighted by Gasteiger charge is -2.15. The van der Waals surface area contributed by atoms with Crippen molar-refractivity contribution in [1.82, 2.24) is 0 Å². The molecule has 0 radical (unpaired) electrons. The van der Waals surface area contributed by atoms with Crippen molar-refractivity contribution in [1.29, 1.82) is 0 Å². The van der Waals surface area contributed by atoms with Gasteiger partial charge in [0, 0.05) is 5.56 Å². The first kappa shape index (κ1) is 17.6. The van der Waals surface area contributed by atoms with E-state index in [4.69, 9.17) is 9.47 Å². The highest BCUT2D eigenvalue weighted by atomic mass is 16.5. The fraction of sp³-hybridized carbons (Fsp3) is 0.562. The molecule has 118 valence electrons. The number of hydrogen-bond acceptors (Lipinski definition) is 5. The Bertz CT molecular complexity index is 433. The van der Waals surface area contributed by atoms with Crippen molar-refractivity contribution in [2.45, 2.75) is 38.9 Å². The fourth-order valence-electron chi connectivity index (χ4n) is 1.61. The number of rotatable bonds is 9. The zero-order valence-electron chi connectivity index (χ0n) is 12.8. The molecule has 0 aromatic heterocycles. The van der Waals surface area contributed by atoms with Crippen LogP contribution < -0.4 is 4.74 Å². The molecule has 1 atom stereocenters. The Labute approximate surface area is 125 Å². The zero-order valence-corrected chi connectivity index (χ0v) is 12.8. The smallest absolute Gasteiger partial charge is 0.193 e. The Hall–Kier alpha value is -1.43. The number of aliphatic hydroxyl groups excluding tert-OH is 1. The maximum absolute atomic E-state index is 11.8. The van der Waals surface area contributed by atoms with Gasteiger partial charge in [0.1, 0.15) is 18.0 Å². The third-order valence-electron chi connectivity index (χ3n) is 2.95. The molecule has 5 heteroatoms. The standard InChI is InChI=1S/C16H24O5/c1-4-13(17)11-20-9-10-21-14-7-5-12(6-8-14)15(18)16(2,3)19/h5-8,13,17,19H,4,9-11H2,1-3H3. The summed E-state index contributed by atoms with van der Waals surface area (Å²) in [4.78, 5) is 11.8. The first-order valence-electron chi connectivity index (χ1n) is 7.10. The summed E-state index contributed by atoms with van der Waals surface area (Å²) in [5, 5.41) is 19.0. The Morgan fingerprint density at radius 1 is 1.24 bits per heavy atom. The van der Waals surface area contributed by atoms with Crippen LogP contribution in [0.5, 0.6) is 5.75 Å². The third-order valence-corrected chi connectivity index (χ3v) is 2.95. The van der Waals surface area contributed by atoms with E-state index in [2.05, 4.69) is 0 Å². The summed E-state index contributed by atoms with van der Waals surface area (Å²) in [6, 6.07) is 6.61. The van der Waals surface area contributed by atoms with Gasteiger partial charge in [0.25, 0.3) is 0 Å². The largest absolute Gasteiger partial charge is 0.491 e. The molecule has 0 heterocycles. The average Bonchev–Trinajstić information content (AvgIpc) is 2.45. The molecule has 0 aliphatic heterocycles. The molecule has 2 N–H and O–H groups in total. The lowest BCUT2D eigenvalue weighted by molar-refractivity contribution is 0.0233. The highest BCUT2D eigenvalue weighted by Gasteiger charge is 2.24. The minimum absolute atomic E-state index is 0.304. The van der Waals surface area contributed by atoms with Crippen molar-refractivity contribution in [3.63, 3.8) is 0 Å². The average molecular weight is 296 g/mol. The Morgan fingerprint density at radius 3 is 2.38 bits per heavy atom. The second-order valence-corrected chi connectivity index (χ2v) is 5.40. The number of aliphatic hydroxyl groups is 2. The molecule has 0 fully saturated rings. The number of carbonyl (C=O) groups is 1. The van der Waals surface area contributed by atoms with E-state index in [-0.39, 0.29) is 5.78 Å². The van der Waals surface area contributed by atoms with E-state index in [1.54, 1.807) is 24.3 Å². The number of ketones is 1.